The Bertz CT molecular complexity index is 730. The van der Waals surface area contributed by atoms with Gasteiger partial charge >= 0.3 is 6.03 Å². The fourth-order valence-corrected chi connectivity index (χ4v) is 2.60. The summed E-state index contributed by atoms with van der Waals surface area (Å²) in [5, 5.41) is 19.2. The molecule has 0 saturated carbocycles. The fraction of sp³-hybridized carbons (Fsp3) is 0.267. The molecule has 2 amide bonds. The van der Waals surface area contributed by atoms with Crippen molar-refractivity contribution in [3.63, 3.8) is 0 Å². The summed E-state index contributed by atoms with van der Waals surface area (Å²) in [7, 11) is 0. The van der Waals surface area contributed by atoms with Crippen LogP contribution in [-0.4, -0.2) is 38.6 Å². The minimum absolute atomic E-state index is 0.0838. The number of aliphatic hydroxyl groups excluding tert-OH is 1. The van der Waals surface area contributed by atoms with Crippen LogP contribution in [0.3, 0.4) is 0 Å². The first kappa shape index (κ1) is 15.5. The number of hydrogen-bond acceptors (Lipinski definition) is 4. The summed E-state index contributed by atoms with van der Waals surface area (Å²) in [6, 6.07) is 4.67. The zero-order chi connectivity index (χ0) is 16.2. The third kappa shape index (κ3) is 3.69. The van der Waals surface area contributed by atoms with Gasteiger partial charge in [-0.3, -0.25) is 5.32 Å². The number of nitrogens with zero attached hydrogens (tertiary/aromatic N) is 3. The molecular weight excluding hydrogens is 318 g/mol. The van der Waals surface area contributed by atoms with Crippen LogP contribution >= 0.6 is 11.6 Å². The molecule has 0 aromatic carbocycles. The summed E-state index contributed by atoms with van der Waals surface area (Å²) >= 11 is 6.06. The van der Waals surface area contributed by atoms with Gasteiger partial charge in [0.15, 0.2) is 11.6 Å². The van der Waals surface area contributed by atoms with E-state index in [-0.39, 0.29) is 24.6 Å². The largest absolute Gasteiger partial charge is 0.396 e. The minimum Gasteiger partial charge on any atom is -0.396 e. The van der Waals surface area contributed by atoms with Gasteiger partial charge in [-0.05, 0) is 18.6 Å². The molecule has 120 valence electrons. The fourth-order valence-electron chi connectivity index (χ4n) is 2.39. The van der Waals surface area contributed by atoms with Crippen LogP contribution in [0.1, 0.15) is 6.42 Å². The number of rotatable bonds is 4. The van der Waals surface area contributed by atoms with Crippen molar-refractivity contribution in [3.8, 4) is 5.82 Å². The van der Waals surface area contributed by atoms with Crippen molar-refractivity contribution < 1.29 is 9.90 Å². The molecule has 2 heterocycles. The van der Waals surface area contributed by atoms with E-state index in [1.54, 1.807) is 30.6 Å². The quantitative estimate of drug-likeness (QED) is 0.746. The minimum atomic E-state index is -0.351. The summed E-state index contributed by atoms with van der Waals surface area (Å²) in [5.41, 5.74) is 0. The maximum Gasteiger partial charge on any atom is 0.320 e. The van der Waals surface area contributed by atoms with Crippen LogP contribution in [0, 0.1) is 5.92 Å². The van der Waals surface area contributed by atoms with Crippen LogP contribution in [0.15, 0.2) is 42.7 Å². The van der Waals surface area contributed by atoms with Crippen LogP contribution in [-0.2, 0) is 0 Å². The molecule has 0 aliphatic heterocycles. The molecule has 7 nitrogen and oxygen atoms in total. The number of halogens is 1. The molecule has 3 rings (SSSR count). The van der Waals surface area contributed by atoms with Crippen molar-refractivity contribution in [1.82, 2.24) is 20.1 Å². The second-order valence-corrected chi connectivity index (χ2v) is 5.63. The highest BCUT2D eigenvalue weighted by Crippen LogP contribution is 2.18. The van der Waals surface area contributed by atoms with E-state index in [0.717, 1.165) is 0 Å². The Morgan fingerprint density at radius 1 is 1.43 bits per heavy atom. The monoisotopic (exact) mass is 333 g/mol. The number of aromatic nitrogens is 3. The molecule has 0 saturated heterocycles. The van der Waals surface area contributed by atoms with E-state index >= 15 is 0 Å². The zero-order valence-corrected chi connectivity index (χ0v) is 12.9. The summed E-state index contributed by atoms with van der Waals surface area (Å²) in [6.07, 6.45) is 7.77. The van der Waals surface area contributed by atoms with E-state index in [0.29, 0.717) is 23.1 Å². The first-order valence-electron chi connectivity index (χ1n) is 7.19. The van der Waals surface area contributed by atoms with E-state index in [1.807, 2.05) is 12.2 Å². The predicted octanol–water partition coefficient (Wildman–Crippen LogP) is 1.98. The van der Waals surface area contributed by atoms with E-state index in [4.69, 9.17) is 16.7 Å². The first-order chi connectivity index (χ1) is 11.2. The van der Waals surface area contributed by atoms with Crippen molar-refractivity contribution in [1.29, 1.82) is 0 Å². The third-order valence-electron chi connectivity index (χ3n) is 3.51. The van der Waals surface area contributed by atoms with E-state index in [1.165, 1.54) is 4.68 Å². The summed E-state index contributed by atoms with van der Waals surface area (Å²) in [5.74, 6) is 0.989. The Morgan fingerprint density at radius 2 is 2.30 bits per heavy atom. The second-order valence-electron chi connectivity index (χ2n) is 5.22. The Balaban J connectivity index is 1.60. The Morgan fingerprint density at radius 3 is 3.04 bits per heavy atom. The van der Waals surface area contributed by atoms with Gasteiger partial charge in [0.25, 0.3) is 0 Å². The highest BCUT2D eigenvalue weighted by molar-refractivity contribution is 6.32. The molecule has 0 bridgehead atoms. The summed E-state index contributed by atoms with van der Waals surface area (Å²) in [6.45, 7) is 0.0888. The van der Waals surface area contributed by atoms with Gasteiger partial charge in [0, 0.05) is 37.0 Å². The van der Waals surface area contributed by atoms with Crippen LogP contribution in [0.4, 0.5) is 10.6 Å². The number of anilines is 1. The topological polar surface area (TPSA) is 92.1 Å². The third-order valence-corrected chi connectivity index (χ3v) is 3.81. The lowest BCUT2D eigenvalue weighted by Gasteiger charge is -2.12. The number of nitrogens with one attached hydrogen (secondary N) is 2. The maximum absolute atomic E-state index is 12.0. The van der Waals surface area contributed by atoms with Crippen molar-refractivity contribution in [3.05, 3.63) is 47.8 Å². The molecule has 23 heavy (non-hydrogen) atoms. The van der Waals surface area contributed by atoms with Crippen LogP contribution in [0.5, 0.6) is 0 Å². The van der Waals surface area contributed by atoms with Gasteiger partial charge in [-0.25, -0.2) is 14.5 Å². The first-order valence-corrected chi connectivity index (χ1v) is 7.57. The summed E-state index contributed by atoms with van der Waals surface area (Å²) < 4.78 is 1.50. The van der Waals surface area contributed by atoms with Gasteiger partial charge in [0.05, 0.1) is 5.02 Å². The lowest BCUT2D eigenvalue weighted by Crippen LogP contribution is -2.36. The van der Waals surface area contributed by atoms with E-state index in [2.05, 4.69) is 20.7 Å². The molecule has 0 fully saturated rings. The molecule has 3 N–H and O–H groups in total. The summed E-state index contributed by atoms with van der Waals surface area (Å²) in [4.78, 5) is 16.1. The molecule has 0 unspecified atom stereocenters. The molecule has 1 aliphatic carbocycles. The van der Waals surface area contributed by atoms with E-state index in [9.17, 15) is 4.79 Å². The number of carbonyl (C=O) groups excluding carboxylic acids is 1. The lowest BCUT2D eigenvalue weighted by molar-refractivity contribution is 0.238. The number of pyridine rings is 1. The number of urea groups is 1. The second kappa shape index (κ2) is 6.80. The SMILES string of the molecule is O=C(Nc1ccn(-c2ncccc2Cl)n1)N[C@@H]1C=C[C@H](CO)C1. The van der Waals surface area contributed by atoms with Gasteiger partial charge in [-0.1, -0.05) is 23.8 Å². The Labute approximate surface area is 138 Å². The van der Waals surface area contributed by atoms with Gasteiger partial charge < -0.3 is 10.4 Å². The molecule has 2 aromatic rings. The number of hydrogen-bond donors (Lipinski definition) is 3. The molecule has 2 atom stereocenters. The van der Waals surface area contributed by atoms with Crippen molar-refractivity contribution in [2.45, 2.75) is 12.5 Å². The van der Waals surface area contributed by atoms with Crippen LogP contribution in [0.25, 0.3) is 5.82 Å². The highest BCUT2D eigenvalue weighted by atomic mass is 35.5. The maximum atomic E-state index is 12.0. The van der Waals surface area contributed by atoms with Crippen molar-refractivity contribution >= 4 is 23.4 Å². The number of aliphatic hydroxyl groups is 1. The predicted molar refractivity (Wildman–Crippen MR) is 86.6 cm³/mol. The standard InChI is InChI=1S/C15H16ClN5O2/c16-12-2-1-6-17-14(12)21-7-5-13(20-21)19-15(23)18-11-4-3-10(8-11)9-22/h1-7,10-11,22H,8-9H2,(H2,18,19,20,23)/t10-,11+/m0/s1. The normalized spacial score (nSPS) is 19.7. The Kier molecular flexibility index (Phi) is 4.59. The molecule has 8 heteroatoms. The van der Waals surface area contributed by atoms with Crippen LogP contribution < -0.4 is 10.6 Å². The molecule has 0 radical (unpaired) electrons. The zero-order valence-electron chi connectivity index (χ0n) is 12.2. The molecule has 1 aliphatic rings. The highest BCUT2D eigenvalue weighted by Gasteiger charge is 2.20. The lowest BCUT2D eigenvalue weighted by atomic mass is 10.1. The Hall–Kier alpha value is -2.38. The average molecular weight is 334 g/mol. The molecule has 0 spiro atoms. The van der Waals surface area contributed by atoms with Gasteiger partial charge in [0.1, 0.15) is 0 Å². The van der Waals surface area contributed by atoms with Gasteiger partial charge in [0.2, 0.25) is 0 Å². The van der Waals surface area contributed by atoms with Crippen molar-refractivity contribution in [2.75, 3.05) is 11.9 Å². The van der Waals surface area contributed by atoms with Gasteiger partial charge in [-0.15, -0.1) is 5.10 Å². The van der Waals surface area contributed by atoms with Gasteiger partial charge in [-0.2, -0.15) is 0 Å². The molecule has 2 aromatic heterocycles. The smallest absolute Gasteiger partial charge is 0.320 e. The molecular formula is C15H16ClN5O2. The average Bonchev–Trinajstić information content (AvgIpc) is 3.17. The van der Waals surface area contributed by atoms with Crippen molar-refractivity contribution in [2.24, 2.45) is 5.92 Å². The van der Waals surface area contributed by atoms with Crippen LogP contribution in [0.2, 0.25) is 5.02 Å². The number of amides is 2. The number of carbonyl (C=O) groups is 1. The van der Waals surface area contributed by atoms with E-state index < -0.39 is 0 Å².